The fourth-order valence-corrected chi connectivity index (χ4v) is 3.79. The van der Waals surface area contributed by atoms with Crippen LogP contribution in [0.5, 0.6) is 0 Å². The Kier molecular flexibility index (Phi) is 5.96. The van der Waals surface area contributed by atoms with Gasteiger partial charge in [-0.1, -0.05) is 11.6 Å². The summed E-state index contributed by atoms with van der Waals surface area (Å²) in [5.74, 6) is 0. The van der Waals surface area contributed by atoms with Crippen LogP contribution in [0.2, 0.25) is 5.02 Å². The van der Waals surface area contributed by atoms with E-state index in [4.69, 9.17) is 11.6 Å². The average molecular weight is 341 g/mol. The highest BCUT2D eigenvalue weighted by Crippen LogP contribution is 2.24. The molecule has 0 radical (unpaired) electrons. The summed E-state index contributed by atoms with van der Waals surface area (Å²) in [4.78, 5) is -0.316. The molecule has 0 atom stereocenters. The maximum atomic E-state index is 12.1. The number of hydrogen-bond donors (Lipinski definition) is 2. The number of sulfonamides is 1. The van der Waals surface area contributed by atoms with Gasteiger partial charge in [0.05, 0.1) is 9.92 Å². The van der Waals surface area contributed by atoms with E-state index in [1.54, 1.807) is 7.05 Å². The number of rotatable bonds is 7. The van der Waals surface area contributed by atoms with Crippen molar-refractivity contribution in [1.82, 2.24) is 10.0 Å². The van der Waals surface area contributed by atoms with Gasteiger partial charge in [-0.25, -0.2) is 21.6 Å². The first-order chi connectivity index (χ1) is 9.18. The molecule has 0 spiro atoms. The Morgan fingerprint density at radius 3 is 2.35 bits per heavy atom. The molecule has 9 heteroatoms. The van der Waals surface area contributed by atoms with Crippen LogP contribution in [0.25, 0.3) is 0 Å². The second-order valence-corrected chi connectivity index (χ2v) is 8.38. The summed E-state index contributed by atoms with van der Waals surface area (Å²) in [5, 5.41) is 2.88. The van der Waals surface area contributed by atoms with Gasteiger partial charge in [0.25, 0.3) is 0 Å². The predicted octanol–water partition coefficient (Wildman–Crippen LogP) is 0.631. The van der Waals surface area contributed by atoms with E-state index < -0.39 is 19.9 Å². The standard InChI is InChI=1S/C11H17ClN2O4S2/c1-13-6-3-7-14-20(17,18)11-8-9(19(2,15)16)4-5-10(11)12/h4-5,8,13-14H,3,6-7H2,1-2H3. The molecule has 0 bridgehead atoms. The maximum absolute atomic E-state index is 12.1. The summed E-state index contributed by atoms with van der Waals surface area (Å²) in [6, 6.07) is 3.61. The van der Waals surface area contributed by atoms with E-state index in [-0.39, 0.29) is 21.4 Å². The molecule has 0 saturated heterocycles. The number of hydrogen-bond acceptors (Lipinski definition) is 5. The van der Waals surface area contributed by atoms with Gasteiger partial charge in [-0.2, -0.15) is 0 Å². The van der Waals surface area contributed by atoms with E-state index >= 15 is 0 Å². The quantitative estimate of drug-likeness (QED) is 0.710. The maximum Gasteiger partial charge on any atom is 0.242 e. The van der Waals surface area contributed by atoms with Crippen molar-refractivity contribution in [3.05, 3.63) is 23.2 Å². The van der Waals surface area contributed by atoms with Crippen molar-refractivity contribution >= 4 is 31.5 Å². The summed E-state index contributed by atoms with van der Waals surface area (Å²) in [5.41, 5.74) is 0. The first kappa shape index (κ1) is 17.4. The van der Waals surface area contributed by atoms with Crippen molar-refractivity contribution < 1.29 is 16.8 Å². The highest BCUT2D eigenvalue weighted by atomic mass is 35.5. The van der Waals surface area contributed by atoms with Crippen LogP contribution in [0.3, 0.4) is 0 Å². The third-order valence-corrected chi connectivity index (χ3v) is 5.57. The third kappa shape index (κ3) is 4.71. The molecule has 0 aliphatic rings. The Morgan fingerprint density at radius 1 is 1.15 bits per heavy atom. The van der Waals surface area contributed by atoms with Crippen LogP contribution in [0.15, 0.2) is 28.0 Å². The number of halogens is 1. The summed E-state index contributed by atoms with van der Waals surface area (Å²) in [7, 11) is -5.56. The second-order valence-electron chi connectivity index (χ2n) is 4.22. The zero-order chi connectivity index (χ0) is 15.4. The lowest BCUT2D eigenvalue weighted by atomic mass is 10.4. The summed E-state index contributed by atoms with van der Waals surface area (Å²) >= 11 is 5.84. The fourth-order valence-electron chi connectivity index (χ4n) is 1.47. The molecule has 0 heterocycles. The van der Waals surface area contributed by atoms with E-state index in [0.29, 0.717) is 13.0 Å². The molecule has 1 rings (SSSR count). The molecule has 0 aliphatic heterocycles. The second kappa shape index (κ2) is 6.86. The van der Waals surface area contributed by atoms with E-state index in [0.717, 1.165) is 12.3 Å². The lowest BCUT2D eigenvalue weighted by Crippen LogP contribution is -2.27. The van der Waals surface area contributed by atoms with E-state index in [9.17, 15) is 16.8 Å². The van der Waals surface area contributed by atoms with Crippen LogP contribution in [-0.2, 0) is 19.9 Å². The molecule has 0 unspecified atom stereocenters. The van der Waals surface area contributed by atoms with Gasteiger partial charge in [0, 0.05) is 12.8 Å². The normalized spacial score (nSPS) is 12.6. The minimum atomic E-state index is -3.83. The third-order valence-electron chi connectivity index (χ3n) is 2.52. The van der Waals surface area contributed by atoms with E-state index in [1.165, 1.54) is 12.1 Å². The molecule has 1 aromatic carbocycles. The van der Waals surface area contributed by atoms with Crippen LogP contribution in [0.1, 0.15) is 6.42 Å². The Morgan fingerprint density at radius 2 is 1.80 bits per heavy atom. The van der Waals surface area contributed by atoms with Crippen molar-refractivity contribution in [2.75, 3.05) is 26.4 Å². The Labute approximate surface area is 124 Å². The number of benzene rings is 1. The topological polar surface area (TPSA) is 92.3 Å². The molecule has 2 N–H and O–H groups in total. The minimum Gasteiger partial charge on any atom is -0.320 e. The summed E-state index contributed by atoms with van der Waals surface area (Å²) in [6.07, 6.45) is 1.62. The molecule has 114 valence electrons. The van der Waals surface area contributed by atoms with Gasteiger partial charge in [0.1, 0.15) is 4.90 Å². The molecule has 0 fully saturated rings. The molecular weight excluding hydrogens is 324 g/mol. The van der Waals surface area contributed by atoms with Crippen LogP contribution < -0.4 is 10.0 Å². The zero-order valence-electron chi connectivity index (χ0n) is 11.2. The van der Waals surface area contributed by atoms with Gasteiger partial charge in [0.15, 0.2) is 9.84 Å². The molecule has 20 heavy (non-hydrogen) atoms. The van der Waals surface area contributed by atoms with Crippen LogP contribution in [0, 0.1) is 0 Å². The van der Waals surface area contributed by atoms with Gasteiger partial charge in [-0.05, 0) is 38.2 Å². The molecule has 0 amide bonds. The number of sulfone groups is 1. The van der Waals surface area contributed by atoms with Gasteiger partial charge in [0.2, 0.25) is 10.0 Å². The number of nitrogens with one attached hydrogen (secondary N) is 2. The van der Waals surface area contributed by atoms with Gasteiger partial charge >= 0.3 is 0 Å². The van der Waals surface area contributed by atoms with Crippen LogP contribution >= 0.6 is 11.6 Å². The molecule has 0 aliphatic carbocycles. The van der Waals surface area contributed by atoms with Crippen LogP contribution in [0.4, 0.5) is 0 Å². The van der Waals surface area contributed by atoms with Gasteiger partial charge in [-0.15, -0.1) is 0 Å². The largest absolute Gasteiger partial charge is 0.320 e. The van der Waals surface area contributed by atoms with Gasteiger partial charge < -0.3 is 5.32 Å². The summed E-state index contributed by atoms with van der Waals surface area (Å²) < 4.78 is 49.5. The molecule has 1 aromatic rings. The van der Waals surface area contributed by atoms with E-state index in [2.05, 4.69) is 10.0 Å². The van der Waals surface area contributed by atoms with Gasteiger partial charge in [-0.3, -0.25) is 0 Å². The zero-order valence-corrected chi connectivity index (χ0v) is 13.6. The fraction of sp³-hybridized carbons (Fsp3) is 0.455. The lowest BCUT2D eigenvalue weighted by Gasteiger charge is -2.09. The Hall–Kier alpha value is -0.670. The smallest absolute Gasteiger partial charge is 0.242 e. The van der Waals surface area contributed by atoms with E-state index in [1.807, 2.05) is 0 Å². The molecule has 0 saturated carbocycles. The Bertz CT molecular complexity index is 672. The Balaban J connectivity index is 3.05. The summed E-state index contributed by atoms with van der Waals surface area (Å²) in [6.45, 7) is 0.905. The SMILES string of the molecule is CNCCCNS(=O)(=O)c1cc(S(C)(=O)=O)ccc1Cl. The highest BCUT2D eigenvalue weighted by Gasteiger charge is 2.20. The average Bonchev–Trinajstić information content (AvgIpc) is 2.33. The molecular formula is C11H17ClN2O4S2. The molecule has 0 aromatic heterocycles. The molecule has 6 nitrogen and oxygen atoms in total. The first-order valence-electron chi connectivity index (χ1n) is 5.82. The van der Waals surface area contributed by atoms with Crippen molar-refractivity contribution in [3.63, 3.8) is 0 Å². The lowest BCUT2D eigenvalue weighted by molar-refractivity contribution is 0.577. The van der Waals surface area contributed by atoms with Crippen LogP contribution in [-0.4, -0.2) is 43.2 Å². The van der Waals surface area contributed by atoms with Crippen molar-refractivity contribution in [2.45, 2.75) is 16.2 Å². The minimum absolute atomic E-state index is 0.0153. The first-order valence-corrected chi connectivity index (χ1v) is 9.57. The van der Waals surface area contributed by atoms with Crippen molar-refractivity contribution in [3.8, 4) is 0 Å². The van der Waals surface area contributed by atoms with Crippen molar-refractivity contribution in [1.29, 1.82) is 0 Å². The monoisotopic (exact) mass is 340 g/mol. The van der Waals surface area contributed by atoms with Crippen molar-refractivity contribution in [2.24, 2.45) is 0 Å². The predicted molar refractivity (Wildman–Crippen MR) is 78.3 cm³/mol. The highest BCUT2D eigenvalue weighted by molar-refractivity contribution is 7.91.